The molecule has 0 saturated heterocycles. The lowest BCUT2D eigenvalue weighted by Gasteiger charge is -2.19. The average Bonchev–Trinajstić information content (AvgIpc) is 3.66. The number of aromatic nitrogens is 3. The Morgan fingerprint density at radius 3 is 2.30 bits per heavy atom. The summed E-state index contributed by atoms with van der Waals surface area (Å²) >= 11 is 0. The van der Waals surface area contributed by atoms with Crippen LogP contribution in [-0.2, 0) is 25.6 Å². The van der Waals surface area contributed by atoms with Gasteiger partial charge in [-0.15, -0.1) is 0 Å². The number of oxazole rings is 1. The Morgan fingerprint density at radius 1 is 0.978 bits per heavy atom. The molecule has 2 amide bonds. The van der Waals surface area contributed by atoms with Gasteiger partial charge in [-0.2, -0.15) is 5.10 Å². The van der Waals surface area contributed by atoms with Crippen LogP contribution in [0.15, 0.2) is 40.9 Å². The molecule has 2 N–H and O–H groups in total. The van der Waals surface area contributed by atoms with Gasteiger partial charge in [0.05, 0.1) is 18.5 Å². The lowest BCUT2D eigenvalue weighted by molar-refractivity contribution is -0.155. The Labute approximate surface area is 270 Å². The Hall–Kier alpha value is -4.48. The minimum Gasteiger partial charge on any atom is -0.464 e. The highest BCUT2D eigenvalue weighted by Gasteiger charge is 2.27. The van der Waals surface area contributed by atoms with Gasteiger partial charge in [-0.25, -0.2) is 9.78 Å². The third-order valence-electron chi connectivity index (χ3n) is 7.13. The van der Waals surface area contributed by atoms with Crippen LogP contribution >= 0.6 is 0 Å². The Bertz CT molecular complexity index is 1500. The lowest BCUT2D eigenvalue weighted by atomic mass is 10.0. The van der Waals surface area contributed by atoms with Crippen molar-refractivity contribution in [1.29, 1.82) is 0 Å². The van der Waals surface area contributed by atoms with Crippen LogP contribution in [0.3, 0.4) is 0 Å². The van der Waals surface area contributed by atoms with Gasteiger partial charge in [-0.1, -0.05) is 39.8 Å². The van der Waals surface area contributed by atoms with Gasteiger partial charge in [0.2, 0.25) is 11.7 Å². The zero-order valence-corrected chi connectivity index (χ0v) is 28.1. The maximum absolute atomic E-state index is 13.3. The molecular formula is C34H47N5O7. The normalized spacial score (nSPS) is 12.2. The highest BCUT2D eigenvalue weighted by atomic mass is 16.6. The van der Waals surface area contributed by atoms with Crippen LogP contribution in [0.5, 0.6) is 0 Å². The van der Waals surface area contributed by atoms with Gasteiger partial charge in [0, 0.05) is 30.1 Å². The predicted molar refractivity (Wildman–Crippen MR) is 173 cm³/mol. The monoisotopic (exact) mass is 637 g/mol. The second kappa shape index (κ2) is 16.2. The topological polar surface area (TPSA) is 155 Å². The molecular weight excluding hydrogens is 590 g/mol. The van der Waals surface area contributed by atoms with Crippen LogP contribution in [0.1, 0.15) is 102 Å². The lowest BCUT2D eigenvalue weighted by Crippen LogP contribution is -2.45. The summed E-state index contributed by atoms with van der Waals surface area (Å²) in [5.41, 5.74) is 1.64. The fourth-order valence-corrected chi connectivity index (χ4v) is 4.70. The zero-order chi connectivity index (χ0) is 34.0. The van der Waals surface area contributed by atoms with Gasteiger partial charge in [0.15, 0.2) is 0 Å². The van der Waals surface area contributed by atoms with Crippen molar-refractivity contribution in [2.45, 2.75) is 105 Å². The summed E-state index contributed by atoms with van der Waals surface area (Å²) in [7, 11) is 0. The van der Waals surface area contributed by atoms with Crippen LogP contribution in [-0.4, -0.2) is 62.8 Å². The smallest absolute Gasteiger partial charge is 0.328 e. The molecule has 1 atom stereocenters. The molecule has 0 bridgehead atoms. The number of nitrogens with one attached hydrogen (secondary N) is 2. The third kappa shape index (κ3) is 10.0. The molecule has 0 fully saturated rings. The van der Waals surface area contributed by atoms with Crippen molar-refractivity contribution < 1.29 is 33.1 Å². The molecule has 1 aromatic carbocycles. The van der Waals surface area contributed by atoms with Crippen molar-refractivity contribution >= 4 is 23.8 Å². The van der Waals surface area contributed by atoms with Crippen molar-refractivity contribution in [3.63, 3.8) is 0 Å². The first-order valence-corrected chi connectivity index (χ1v) is 15.9. The van der Waals surface area contributed by atoms with E-state index in [1.54, 1.807) is 35.9 Å². The molecule has 0 spiro atoms. The Morgan fingerprint density at radius 2 is 1.67 bits per heavy atom. The fourth-order valence-electron chi connectivity index (χ4n) is 4.70. The minimum atomic E-state index is -0.833. The standard InChI is InChI=1S/C34H47N5O7/c1-9-24(10-2)36-30(41)26-19-25(38-39(26)17-13-16-28(40)46-34(6,7)8)22-14-12-15-23(18-22)32-35-20-27(45-32)31(42)37-29(21(4)5)33(43)44-11-3/h12,14-15,18-21,24,29H,9-11,13,16-17H2,1-8H3,(H,36,41)(H,37,42)/t29-/m0/s1. The number of nitrogens with zero attached hydrogens (tertiary/aromatic N) is 3. The molecule has 2 aromatic heterocycles. The number of carbonyl (C=O) groups excluding carboxylic acids is 4. The second-order valence-electron chi connectivity index (χ2n) is 12.4. The van der Waals surface area contributed by atoms with Crippen LogP contribution in [0.2, 0.25) is 0 Å². The molecule has 12 heteroatoms. The second-order valence-corrected chi connectivity index (χ2v) is 12.4. The van der Waals surface area contributed by atoms with E-state index in [9.17, 15) is 19.2 Å². The van der Waals surface area contributed by atoms with Crippen LogP contribution in [0.4, 0.5) is 0 Å². The van der Waals surface area contributed by atoms with Crippen LogP contribution in [0.25, 0.3) is 22.7 Å². The van der Waals surface area contributed by atoms with Crippen molar-refractivity contribution in [3.05, 3.63) is 48.0 Å². The molecule has 0 aliphatic heterocycles. The molecule has 0 radical (unpaired) electrons. The van der Waals surface area contributed by atoms with Crippen LogP contribution < -0.4 is 10.6 Å². The van der Waals surface area contributed by atoms with Gasteiger partial charge in [-0.3, -0.25) is 19.1 Å². The number of benzene rings is 1. The molecule has 0 saturated carbocycles. The fraction of sp³-hybridized carbons (Fsp3) is 0.529. The molecule has 46 heavy (non-hydrogen) atoms. The number of ether oxygens (including phenoxy) is 2. The number of hydrogen-bond donors (Lipinski definition) is 2. The van der Waals surface area contributed by atoms with Gasteiger partial charge < -0.3 is 24.5 Å². The number of esters is 2. The molecule has 2 heterocycles. The maximum Gasteiger partial charge on any atom is 0.328 e. The van der Waals surface area contributed by atoms with E-state index in [2.05, 4.69) is 15.6 Å². The Kier molecular flexibility index (Phi) is 12.7. The number of amides is 2. The minimum absolute atomic E-state index is 0.0222. The first kappa shape index (κ1) is 36.0. The molecule has 3 aromatic rings. The summed E-state index contributed by atoms with van der Waals surface area (Å²) in [6.45, 7) is 15.4. The van der Waals surface area contributed by atoms with E-state index in [1.165, 1.54) is 6.20 Å². The van der Waals surface area contributed by atoms with Gasteiger partial charge >= 0.3 is 11.9 Å². The van der Waals surface area contributed by atoms with E-state index >= 15 is 0 Å². The van der Waals surface area contributed by atoms with Crippen molar-refractivity contribution in [2.24, 2.45) is 5.92 Å². The van der Waals surface area contributed by atoms with Crippen LogP contribution in [0, 0.1) is 5.92 Å². The van der Waals surface area contributed by atoms with E-state index in [-0.39, 0.29) is 48.5 Å². The highest BCUT2D eigenvalue weighted by Crippen LogP contribution is 2.27. The quantitative estimate of drug-likeness (QED) is 0.204. The predicted octanol–water partition coefficient (Wildman–Crippen LogP) is 5.56. The van der Waals surface area contributed by atoms with Crippen molar-refractivity contribution in [3.8, 4) is 22.7 Å². The summed E-state index contributed by atoms with van der Waals surface area (Å²) in [5.74, 6) is -1.70. The number of rotatable bonds is 15. The molecule has 0 aliphatic carbocycles. The largest absolute Gasteiger partial charge is 0.464 e. The summed E-state index contributed by atoms with van der Waals surface area (Å²) < 4.78 is 17.9. The highest BCUT2D eigenvalue weighted by molar-refractivity contribution is 5.95. The van der Waals surface area contributed by atoms with Crippen molar-refractivity contribution in [1.82, 2.24) is 25.4 Å². The first-order valence-electron chi connectivity index (χ1n) is 15.9. The van der Waals surface area contributed by atoms with Gasteiger partial charge in [0.25, 0.3) is 11.8 Å². The van der Waals surface area contributed by atoms with E-state index in [4.69, 9.17) is 19.0 Å². The van der Waals surface area contributed by atoms with Crippen molar-refractivity contribution in [2.75, 3.05) is 6.61 Å². The maximum atomic E-state index is 13.3. The van der Waals surface area contributed by atoms with E-state index in [1.807, 2.05) is 54.5 Å². The average molecular weight is 638 g/mol. The van der Waals surface area contributed by atoms with Gasteiger partial charge in [-0.05, 0) is 71.1 Å². The number of aryl methyl sites for hydroxylation is 1. The number of hydrogen-bond acceptors (Lipinski definition) is 9. The van der Waals surface area contributed by atoms with E-state index < -0.39 is 23.5 Å². The first-order chi connectivity index (χ1) is 21.8. The Balaban J connectivity index is 1.85. The summed E-state index contributed by atoms with van der Waals surface area (Å²) in [4.78, 5) is 55.1. The third-order valence-corrected chi connectivity index (χ3v) is 7.13. The molecule has 0 aliphatic rings. The summed E-state index contributed by atoms with van der Waals surface area (Å²) in [6.07, 6.45) is 3.52. The number of carbonyl (C=O) groups is 4. The molecule has 3 rings (SSSR count). The van der Waals surface area contributed by atoms with E-state index in [0.717, 1.165) is 12.8 Å². The SMILES string of the molecule is CCOC(=O)[C@@H](NC(=O)c1cnc(-c2cccc(-c3cc(C(=O)NC(CC)CC)n(CCCC(=O)OC(C)(C)C)n3)c2)o1)C(C)C. The molecule has 250 valence electrons. The summed E-state index contributed by atoms with van der Waals surface area (Å²) in [5, 5.41) is 10.5. The van der Waals surface area contributed by atoms with E-state index in [0.29, 0.717) is 35.5 Å². The zero-order valence-electron chi connectivity index (χ0n) is 28.1. The molecule has 12 nitrogen and oxygen atoms in total. The molecule has 0 unspecified atom stereocenters. The summed E-state index contributed by atoms with van der Waals surface area (Å²) in [6, 6.07) is 8.15. The van der Waals surface area contributed by atoms with Gasteiger partial charge in [0.1, 0.15) is 17.3 Å².